The SMILES string of the molecule is CN(C(=O)c1c[nH]c(=O)[nH]1)c1ccccc1C(=O)O. The quantitative estimate of drug-likeness (QED) is 0.755. The number of nitrogens with one attached hydrogen (secondary N) is 2. The monoisotopic (exact) mass is 261 g/mol. The van der Waals surface area contributed by atoms with Gasteiger partial charge in [-0.2, -0.15) is 0 Å². The topological polar surface area (TPSA) is 106 Å². The fourth-order valence-electron chi connectivity index (χ4n) is 1.68. The Morgan fingerprint density at radius 1 is 1.26 bits per heavy atom. The Bertz CT molecular complexity index is 686. The predicted octanol–water partition coefficient (Wildman–Crippen LogP) is 0.678. The first-order chi connectivity index (χ1) is 9.00. The summed E-state index contributed by atoms with van der Waals surface area (Å²) in [6.45, 7) is 0. The molecule has 19 heavy (non-hydrogen) atoms. The Morgan fingerprint density at radius 2 is 1.95 bits per heavy atom. The van der Waals surface area contributed by atoms with Crippen LogP contribution in [0.3, 0.4) is 0 Å². The van der Waals surface area contributed by atoms with Gasteiger partial charge in [-0.3, -0.25) is 4.79 Å². The molecule has 2 aromatic rings. The van der Waals surface area contributed by atoms with Crippen LogP contribution in [0.15, 0.2) is 35.3 Å². The lowest BCUT2D eigenvalue weighted by molar-refractivity contribution is 0.0697. The van der Waals surface area contributed by atoms with E-state index in [-0.39, 0.29) is 16.9 Å². The predicted molar refractivity (Wildman–Crippen MR) is 67.5 cm³/mol. The molecule has 0 saturated heterocycles. The van der Waals surface area contributed by atoms with Crippen molar-refractivity contribution in [2.24, 2.45) is 0 Å². The van der Waals surface area contributed by atoms with Gasteiger partial charge in [-0.15, -0.1) is 0 Å². The molecule has 0 unspecified atom stereocenters. The number of rotatable bonds is 3. The Balaban J connectivity index is 2.39. The van der Waals surface area contributed by atoms with Crippen LogP contribution >= 0.6 is 0 Å². The molecule has 1 aromatic carbocycles. The normalized spacial score (nSPS) is 10.2. The van der Waals surface area contributed by atoms with Crippen molar-refractivity contribution in [3.05, 3.63) is 52.2 Å². The summed E-state index contributed by atoms with van der Waals surface area (Å²) in [5, 5.41) is 9.07. The fraction of sp³-hybridized carbons (Fsp3) is 0.0833. The molecule has 98 valence electrons. The number of imidazole rings is 1. The molecule has 2 rings (SSSR count). The second-order valence-corrected chi connectivity index (χ2v) is 3.84. The van der Waals surface area contributed by atoms with Gasteiger partial charge in [0.15, 0.2) is 0 Å². The third-order valence-electron chi connectivity index (χ3n) is 2.63. The van der Waals surface area contributed by atoms with Crippen LogP contribution in [0.2, 0.25) is 0 Å². The highest BCUT2D eigenvalue weighted by molar-refractivity contribution is 6.07. The standard InChI is InChI=1S/C12H11N3O4/c1-15(10(16)8-6-13-12(19)14-8)9-5-3-2-4-7(9)11(17)18/h2-6H,1H3,(H,17,18)(H2,13,14,19). The zero-order valence-electron chi connectivity index (χ0n) is 10.0. The number of nitrogens with zero attached hydrogens (tertiary/aromatic N) is 1. The molecule has 0 aliphatic heterocycles. The summed E-state index contributed by atoms with van der Waals surface area (Å²) < 4.78 is 0. The molecule has 0 saturated carbocycles. The minimum atomic E-state index is -1.13. The van der Waals surface area contributed by atoms with Crippen molar-refractivity contribution in [3.8, 4) is 0 Å². The maximum absolute atomic E-state index is 12.1. The highest BCUT2D eigenvalue weighted by Crippen LogP contribution is 2.20. The number of H-pyrrole nitrogens is 2. The molecule has 7 nitrogen and oxygen atoms in total. The molecule has 1 heterocycles. The zero-order valence-corrected chi connectivity index (χ0v) is 10.0. The first-order valence-corrected chi connectivity index (χ1v) is 5.39. The molecule has 3 N–H and O–H groups in total. The van der Waals surface area contributed by atoms with Gasteiger partial charge < -0.3 is 20.0 Å². The minimum absolute atomic E-state index is 0.0104. The molecule has 0 atom stereocenters. The Kier molecular flexibility index (Phi) is 3.19. The number of aromatic carboxylic acids is 1. The van der Waals surface area contributed by atoms with Crippen LogP contribution < -0.4 is 10.6 Å². The molecule has 1 amide bonds. The van der Waals surface area contributed by atoms with Gasteiger partial charge in [0.2, 0.25) is 0 Å². The minimum Gasteiger partial charge on any atom is -0.478 e. The summed E-state index contributed by atoms with van der Waals surface area (Å²) in [5.41, 5.74) is -0.172. The number of para-hydroxylation sites is 1. The van der Waals surface area contributed by atoms with Crippen molar-refractivity contribution in [2.75, 3.05) is 11.9 Å². The molecule has 0 bridgehead atoms. The van der Waals surface area contributed by atoms with Crippen molar-refractivity contribution in [1.82, 2.24) is 9.97 Å². The summed E-state index contributed by atoms with van der Waals surface area (Å²) in [4.78, 5) is 39.9. The Hall–Kier alpha value is -2.83. The first kappa shape index (κ1) is 12.6. The number of aromatic amines is 2. The van der Waals surface area contributed by atoms with Crippen molar-refractivity contribution in [1.29, 1.82) is 0 Å². The second kappa shape index (κ2) is 4.81. The molecule has 0 fully saturated rings. The van der Waals surface area contributed by atoms with Crippen LogP contribution in [0.5, 0.6) is 0 Å². The van der Waals surface area contributed by atoms with Gasteiger partial charge in [0, 0.05) is 13.2 Å². The number of carbonyl (C=O) groups excluding carboxylic acids is 1. The summed E-state index contributed by atoms with van der Waals surface area (Å²) >= 11 is 0. The van der Waals surface area contributed by atoms with E-state index in [9.17, 15) is 14.4 Å². The van der Waals surface area contributed by atoms with Gasteiger partial charge in [-0.1, -0.05) is 12.1 Å². The van der Waals surface area contributed by atoms with Crippen LogP contribution in [-0.2, 0) is 0 Å². The molecular weight excluding hydrogens is 250 g/mol. The number of carboxylic acid groups (broad SMARTS) is 1. The highest BCUT2D eigenvalue weighted by atomic mass is 16.4. The second-order valence-electron chi connectivity index (χ2n) is 3.84. The third-order valence-corrected chi connectivity index (χ3v) is 2.63. The summed E-state index contributed by atoms with van der Waals surface area (Å²) in [6.07, 6.45) is 1.24. The lowest BCUT2D eigenvalue weighted by atomic mass is 10.1. The molecule has 0 aliphatic rings. The summed E-state index contributed by atoms with van der Waals surface area (Å²) in [7, 11) is 1.44. The van der Waals surface area contributed by atoms with E-state index in [0.29, 0.717) is 0 Å². The van der Waals surface area contributed by atoms with Crippen molar-refractivity contribution in [3.63, 3.8) is 0 Å². The van der Waals surface area contributed by atoms with Gasteiger partial charge in [-0.25, -0.2) is 9.59 Å². The van der Waals surface area contributed by atoms with E-state index in [4.69, 9.17) is 5.11 Å². The molecule has 7 heteroatoms. The molecule has 0 aliphatic carbocycles. The van der Waals surface area contributed by atoms with E-state index >= 15 is 0 Å². The Labute approximate surface area is 107 Å². The Morgan fingerprint density at radius 3 is 2.53 bits per heavy atom. The average Bonchev–Trinajstić information content (AvgIpc) is 2.83. The van der Waals surface area contributed by atoms with E-state index in [1.54, 1.807) is 12.1 Å². The van der Waals surface area contributed by atoms with Crippen LogP contribution in [0.1, 0.15) is 20.8 Å². The lowest BCUT2D eigenvalue weighted by Crippen LogP contribution is -2.28. The van der Waals surface area contributed by atoms with Crippen molar-refractivity contribution >= 4 is 17.6 Å². The van der Waals surface area contributed by atoms with E-state index < -0.39 is 17.6 Å². The first-order valence-electron chi connectivity index (χ1n) is 5.39. The molecule has 1 aromatic heterocycles. The zero-order chi connectivity index (χ0) is 14.0. The smallest absolute Gasteiger partial charge is 0.337 e. The number of hydrogen-bond acceptors (Lipinski definition) is 3. The number of hydrogen-bond donors (Lipinski definition) is 3. The maximum Gasteiger partial charge on any atom is 0.337 e. The number of anilines is 1. The van der Waals surface area contributed by atoms with Gasteiger partial charge in [0.1, 0.15) is 5.69 Å². The van der Waals surface area contributed by atoms with E-state index in [1.807, 2.05) is 0 Å². The highest BCUT2D eigenvalue weighted by Gasteiger charge is 2.20. The van der Waals surface area contributed by atoms with Crippen LogP contribution in [0.4, 0.5) is 5.69 Å². The largest absolute Gasteiger partial charge is 0.478 e. The van der Waals surface area contributed by atoms with E-state index in [0.717, 1.165) is 0 Å². The number of aromatic nitrogens is 2. The van der Waals surface area contributed by atoms with Crippen molar-refractivity contribution < 1.29 is 14.7 Å². The molecular formula is C12H11N3O4. The number of benzene rings is 1. The van der Waals surface area contributed by atoms with Gasteiger partial charge >= 0.3 is 11.7 Å². The number of carboxylic acids is 1. The van der Waals surface area contributed by atoms with Gasteiger partial charge in [0.25, 0.3) is 5.91 Å². The van der Waals surface area contributed by atoms with Gasteiger partial charge in [0.05, 0.1) is 11.3 Å². The van der Waals surface area contributed by atoms with Crippen LogP contribution in [0, 0.1) is 0 Å². The lowest BCUT2D eigenvalue weighted by Gasteiger charge is -2.18. The summed E-state index contributed by atoms with van der Waals surface area (Å²) in [6, 6.07) is 6.13. The average molecular weight is 261 g/mol. The summed E-state index contributed by atoms with van der Waals surface area (Å²) in [5.74, 6) is -1.63. The maximum atomic E-state index is 12.1. The van der Waals surface area contributed by atoms with Crippen molar-refractivity contribution in [2.45, 2.75) is 0 Å². The molecule has 0 radical (unpaired) electrons. The molecule has 0 spiro atoms. The van der Waals surface area contributed by atoms with E-state index in [1.165, 1.54) is 30.3 Å². The van der Waals surface area contributed by atoms with Crippen LogP contribution in [-0.4, -0.2) is 34.0 Å². The van der Waals surface area contributed by atoms with Gasteiger partial charge in [-0.05, 0) is 12.1 Å². The number of amides is 1. The fourth-order valence-corrected chi connectivity index (χ4v) is 1.68. The van der Waals surface area contributed by atoms with E-state index in [2.05, 4.69) is 9.97 Å². The number of carbonyl (C=O) groups is 2. The third kappa shape index (κ3) is 2.39. The van der Waals surface area contributed by atoms with Crippen LogP contribution in [0.25, 0.3) is 0 Å².